The molecule has 1 aliphatic heterocycles. The lowest BCUT2D eigenvalue weighted by atomic mass is 10.0. The Kier molecular flexibility index (Phi) is 5.23. The van der Waals surface area contributed by atoms with E-state index in [0.29, 0.717) is 12.5 Å². The first-order chi connectivity index (χ1) is 5.97. The first-order valence-corrected chi connectivity index (χ1v) is 4.65. The molecule has 0 saturated carbocycles. The highest BCUT2D eigenvalue weighted by molar-refractivity contribution is 5.85. The zero-order valence-electron chi connectivity index (χ0n) is 8.92. The molecule has 0 aromatic heterocycles. The SMILES string of the molecule is CC(C)(C)OC(=O)NCC1CNC1.Cl. The van der Waals surface area contributed by atoms with Crippen LogP contribution in [0.25, 0.3) is 0 Å². The van der Waals surface area contributed by atoms with Gasteiger partial charge in [-0.2, -0.15) is 0 Å². The van der Waals surface area contributed by atoms with Crippen molar-refractivity contribution in [1.29, 1.82) is 0 Å². The predicted octanol–water partition coefficient (Wildman–Crippen LogP) is 1.15. The Morgan fingerprint density at radius 3 is 2.43 bits per heavy atom. The van der Waals surface area contributed by atoms with Gasteiger partial charge in [0.05, 0.1) is 0 Å². The van der Waals surface area contributed by atoms with E-state index < -0.39 is 5.60 Å². The summed E-state index contributed by atoms with van der Waals surface area (Å²) in [5.41, 5.74) is -0.401. The summed E-state index contributed by atoms with van der Waals surface area (Å²) in [6.07, 6.45) is -0.320. The van der Waals surface area contributed by atoms with Crippen LogP contribution in [0.1, 0.15) is 20.8 Å². The molecule has 0 aromatic carbocycles. The normalized spacial score (nSPS) is 16.5. The van der Waals surface area contributed by atoms with Crippen LogP contribution in [0.3, 0.4) is 0 Å². The monoisotopic (exact) mass is 222 g/mol. The van der Waals surface area contributed by atoms with Crippen LogP contribution in [0.15, 0.2) is 0 Å². The number of nitrogens with one attached hydrogen (secondary N) is 2. The van der Waals surface area contributed by atoms with Gasteiger partial charge in [-0.15, -0.1) is 12.4 Å². The number of rotatable bonds is 2. The summed E-state index contributed by atoms with van der Waals surface area (Å²) < 4.78 is 5.09. The van der Waals surface area contributed by atoms with Crippen LogP contribution in [0.4, 0.5) is 4.79 Å². The number of carbonyl (C=O) groups excluding carboxylic acids is 1. The van der Waals surface area contributed by atoms with E-state index in [2.05, 4.69) is 10.6 Å². The molecule has 1 saturated heterocycles. The molecule has 0 aliphatic carbocycles. The lowest BCUT2D eigenvalue weighted by molar-refractivity contribution is 0.0514. The predicted molar refractivity (Wildman–Crippen MR) is 57.8 cm³/mol. The smallest absolute Gasteiger partial charge is 0.407 e. The standard InChI is InChI=1S/C9H18N2O2.ClH/c1-9(2,3)13-8(12)11-6-7-4-10-5-7;/h7,10H,4-6H2,1-3H3,(H,11,12);1H. The fraction of sp³-hybridized carbons (Fsp3) is 0.889. The number of amides is 1. The number of halogens is 1. The van der Waals surface area contributed by atoms with Gasteiger partial charge in [-0.1, -0.05) is 0 Å². The van der Waals surface area contributed by atoms with Gasteiger partial charge in [0.15, 0.2) is 0 Å². The number of carbonyl (C=O) groups is 1. The first-order valence-electron chi connectivity index (χ1n) is 4.65. The second-order valence-electron chi connectivity index (χ2n) is 4.41. The summed E-state index contributed by atoms with van der Waals surface area (Å²) in [6.45, 7) is 8.28. The van der Waals surface area contributed by atoms with Crippen molar-refractivity contribution in [2.75, 3.05) is 19.6 Å². The maximum Gasteiger partial charge on any atom is 0.407 e. The molecule has 1 fully saturated rings. The number of hydrogen-bond donors (Lipinski definition) is 2. The molecule has 5 heteroatoms. The highest BCUT2D eigenvalue weighted by Crippen LogP contribution is 2.07. The van der Waals surface area contributed by atoms with Crippen molar-refractivity contribution >= 4 is 18.5 Å². The van der Waals surface area contributed by atoms with Crippen molar-refractivity contribution in [2.45, 2.75) is 26.4 Å². The Hall–Kier alpha value is -0.480. The Morgan fingerprint density at radius 1 is 1.50 bits per heavy atom. The highest BCUT2D eigenvalue weighted by atomic mass is 35.5. The molecule has 1 aliphatic rings. The average molecular weight is 223 g/mol. The molecule has 1 heterocycles. The third-order valence-corrected chi connectivity index (χ3v) is 1.80. The van der Waals surface area contributed by atoms with E-state index in [9.17, 15) is 4.79 Å². The lowest BCUT2D eigenvalue weighted by Crippen LogP contribution is -2.48. The summed E-state index contributed by atoms with van der Waals surface area (Å²) in [5.74, 6) is 0.576. The Balaban J connectivity index is 0.00000169. The average Bonchev–Trinajstić information content (AvgIpc) is 1.78. The van der Waals surface area contributed by atoms with Gasteiger partial charge in [0.2, 0.25) is 0 Å². The largest absolute Gasteiger partial charge is 0.444 e. The van der Waals surface area contributed by atoms with Gasteiger partial charge in [0, 0.05) is 25.6 Å². The van der Waals surface area contributed by atoms with Crippen molar-refractivity contribution in [3.05, 3.63) is 0 Å². The number of ether oxygens (including phenoxy) is 1. The highest BCUT2D eigenvalue weighted by Gasteiger charge is 2.20. The van der Waals surface area contributed by atoms with Crippen molar-refractivity contribution in [3.8, 4) is 0 Å². The number of alkyl carbamates (subject to hydrolysis) is 1. The van der Waals surface area contributed by atoms with Gasteiger partial charge >= 0.3 is 6.09 Å². The van der Waals surface area contributed by atoms with Crippen LogP contribution >= 0.6 is 12.4 Å². The molecular weight excluding hydrogens is 204 g/mol. The van der Waals surface area contributed by atoms with Crippen molar-refractivity contribution in [3.63, 3.8) is 0 Å². The van der Waals surface area contributed by atoms with E-state index in [1.165, 1.54) is 0 Å². The topological polar surface area (TPSA) is 50.4 Å². The van der Waals surface area contributed by atoms with Crippen LogP contribution in [-0.4, -0.2) is 31.3 Å². The summed E-state index contributed by atoms with van der Waals surface area (Å²) in [4.78, 5) is 11.1. The summed E-state index contributed by atoms with van der Waals surface area (Å²) in [5, 5.41) is 5.88. The van der Waals surface area contributed by atoms with E-state index in [-0.39, 0.29) is 18.5 Å². The second kappa shape index (κ2) is 5.41. The summed E-state index contributed by atoms with van der Waals surface area (Å²) >= 11 is 0. The molecule has 0 aromatic rings. The maximum absolute atomic E-state index is 11.1. The van der Waals surface area contributed by atoms with Crippen LogP contribution in [-0.2, 0) is 4.74 Å². The minimum atomic E-state index is -0.401. The third kappa shape index (κ3) is 5.29. The van der Waals surface area contributed by atoms with Gasteiger partial charge in [0.1, 0.15) is 5.60 Å². The molecule has 14 heavy (non-hydrogen) atoms. The van der Waals surface area contributed by atoms with Crippen molar-refractivity contribution in [1.82, 2.24) is 10.6 Å². The first kappa shape index (κ1) is 13.5. The van der Waals surface area contributed by atoms with Crippen LogP contribution in [0, 0.1) is 5.92 Å². The molecule has 0 radical (unpaired) electrons. The van der Waals surface area contributed by atoms with Gasteiger partial charge in [-0.25, -0.2) is 4.79 Å². The fourth-order valence-corrected chi connectivity index (χ4v) is 1.03. The Morgan fingerprint density at radius 2 is 2.07 bits per heavy atom. The molecule has 0 spiro atoms. The molecule has 84 valence electrons. The summed E-state index contributed by atoms with van der Waals surface area (Å²) in [7, 11) is 0. The van der Waals surface area contributed by atoms with E-state index in [0.717, 1.165) is 13.1 Å². The quantitative estimate of drug-likeness (QED) is 0.737. The molecule has 0 unspecified atom stereocenters. The second-order valence-corrected chi connectivity index (χ2v) is 4.41. The van der Waals surface area contributed by atoms with Crippen molar-refractivity contribution < 1.29 is 9.53 Å². The van der Waals surface area contributed by atoms with Gasteiger partial charge < -0.3 is 15.4 Å². The van der Waals surface area contributed by atoms with Gasteiger partial charge in [0.25, 0.3) is 0 Å². The number of hydrogen-bond acceptors (Lipinski definition) is 3. The fourth-order valence-electron chi connectivity index (χ4n) is 1.03. The molecule has 0 atom stereocenters. The molecule has 2 N–H and O–H groups in total. The Bertz CT molecular complexity index is 188. The van der Waals surface area contributed by atoms with Gasteiger partial charge in [-0.05, 0) is 20.8 Å². The van der Waals surface area contributed by atoms with Crippen LogP contribution in [0.2, 0.25) is 0 Å². The minimum Gasteiger partial charge on any atom is -0.444 e. The maximum atomic E-state index is 11.1. The van der Waals surface area contributed by atoms with E-state index in [1.54, 1.807) is 0 Å². The van der Waals surface area contributed by atoms with Crippen LogP contribution in [0.5, 0.6) is 0 Å². The lowest BCUT2D eigenvalue weighted by Gasteiger charge is -2.27. The van der Waals surface area contributed by atoms with Gasteiger partial charge in [-0.3, -0.25) is 0 Å². The van der Waals surface area contributed by atoms with E-state index >= 15 is 0 Å². The zero-order valence-corrected chi connectivity index (χ0v) is 9.74. The van der Waals surface area contributed by atoms with E-state index in [1.807, 2.05) is 20.8 Å². The molecule has 0 bridgehead atoms. The van der Waals surface area contributed by atoms with Crippen molar-refractivity contribution in [2.24, 2.45) is 5.92 Å². The zero-order chi connectivity index (χ0) is 9.90. The molecular formula is C9H19ClN2O2. The van der Waals surface area contributed by atoms with E-state index in [4.69, 9.17) is 4.74 Å². The Labute approximate surface area is 91.2 Å². The summed E-state index contributed by atoms with van der Waals surface area (Å²) in [6, 6.07) is 0. The molecule has 1 amide bonds. The molecule has 1 rings (SSSR count). The third-order valence-electron chi connectivity index (χ3n) is 1.80. The van der Waals surface area contributed by atoms with Crippen LogP contribution < -0.4 is 10.6 Å². The molecule has 4 nitrogen and oxygen atoms in total. The minimum absolute atomic E-state index is 0.